The molecular weight excluding hydrogens is 330 g/mol. The zero-order valence-corrected chi connectivity index (χ0v) is 14.6. The Kier molecular flexibility index (Phi) is 6.11. The van der Waals surface area contributed by atoms with Crippen molar-refractivity contribution in [3.63, 3.8) is 0 Å². The van der Waals surface area contributed by atoms with Crippen molar-refractivity contribution in [1.82, 2.24) is 15.5 Å². The van der Waals surface area contributed by atoms with E-state index < -0.39 is 0 Å². The van der Waals surface area contributed by atoms with Crippen LogP contribution in [-0.2, 0) is 22.6 Å². The summed E-state index contributed by atoms with van der Waals surface area (Å²) in [5, 5.41) is 6.76. The summed E-state index contributed by atoms with van der Waals surface area (Å²) < 4.78 is 10.6. The Hall–Kier alpha value is -2.99. The number of aromatic nitrogens is 2. The van der Waals surface area contributed by atoms with Crippen molar-refractivity contribution in [3.05, 3.63) is 71.6 Å². The van der Waals surface area contributed by atoms with Gasteiger partial charge in [-0.3, -0.25) is 4.79 Å². The molecule has 2 aromatic carbocycles. The molecule has 1 amide bonds. The van der Waals surface area contributed by atoms with Crippen LogP contribution in [0.4, 0.5) is 0 Å². The van der Waals surface area contributed by atoms with E-state index in [4.69, 9.17) is 9.26 Å². The van der Waals surface area contributed by atoms with Crippen LogP contribution in [0.3, 0.4) is 0 Å². The Balaban J connectivity index is 1.38. The number of nitrogens with zero attached hydrogens (tertiary/aromatic N) is 2. The molecule has 134 valence electrons. The predicted molar refractivity (Wildman–Crippen MR) is 97.3 cm³/mol. The molecule has 0 atom stereocenters. The largest absolute Gasteiger partial charge is 0.367 e. The Morgan fingerprint density at radius 3 is 2.65 bits per heavy atom. The van der Waals surface area contributed by atoms with Crippen LogP contribution in [0.5, 0.6) is 0 Å². The van der Waals surface area contributed by atoms with Crippen molar-refractivity contribution in [2.75, 3.05) is 13.2 Å². The Morgan fingerprint density at radius 2 is 1.88 bits per heavy atom. The monoisotopic (exact) mass is 351 g/mol. The van der Waals surface area contributed by atoms with Gasteiger partial charge in [-0.15, -0.1) is 0 Å². The Bertz CT molecular complexity index is 829. The fraction of sp³-hybridized carbons (Fsp3) is 0.250. The van der Waals surface area contributed by atoms with Gasteiger partial charge in [-0.2, -0.15) is 4.98 Å². The fourth-order valence-corrected chi connectivity index (χ4v) is 2.37. The first-order valence-corrected chi connectivity index (χ1v) is 8.49. The van der Waals surface area contributed by atoms with Gasteiger partial charge >= 0.3 is 0 Å². The summed E-state index contributed by atoms with van der Waals surface area (Å²) in [5.41, 5.74) is 3.12. The molecule has 1 aromatic heterocycles. The van der Waals surface area contributed by atoms with Crippen molar-refractivity contribution in [2.24, 2.45) is 0 Å². The van der Waals surface area contributed by atoms with Crippen LogP contribution < -0.4 is 5.32 Å². The lowest BCUT2D eigenvalue weighted by Crippen LogP contribution is -2.29. The molecular formula is C20H21N3O3. The first-order valence-electron chi connectivity index (χ1n) is 8.49. The van der Waals surface area contributed by atoms with Crippen LogP contribution in [0.1, 0.15) is 17.0 Å². The lowest BCUT2D eigenvalue weighted by atomic mass is 10.1. The Labute approximate surface area is 152 Å². The zero-order chi connectivity index (χ0) is 18.2. The summed E-state index contributed by atoms with van der Waals surface area (Å²) in [6.45, 7) is 2.88. The van der Waals surface area contributed by atoms with Gasteiger partial charge in [-0.05, 0) is 12.5 Å². The molecule has 6 heteroatoms. The molecule has 0 radical (unpaired) electrons. The van der Waals surface area contributed by atoms with Gasteiger partial charge in [0.05, 0.1) is 6.61 Å². The highest BCUT2D eigenvalue weighted by molar-refractivity contribution is 5.77. The lowest BCUT2D eigenvalue weighted by molar-refractivity contribution is -0.126. The second-order valence-electron chi connectivity index (χ2n) is 5.96. The van der Waals surface area contributed by atoms with Gasteiger partial charge in [0.15, 0.2) is 0 Å². The van der Waals surface area contributed by atoms with Gasteiger partial charge in [0.1, 0.15) is 6.61 Å². The molecule has 0 aliphatic heterocycles. The van der Waals surface area contributed by atoms with Crippen molar-refractivity contribution < 1.29 is 14.1 Å². The van der Waals surface area contributed by atoms with E-state index in [0.29, 0.717) is 31.3 Å². The predicted octanol–water partition coefficient (Wildman–Crippen LogP) is 2.92. The van der Waals surface area contributed by atoms with E-state index in [-0.39, 0.29) is 12.5 Å². The van der Waals surface area contributed by atoms with Gasteiger partial charge in [0.25, 0.3) is 0 Å². The topological polar surface area (TPSA) is 77.2 Å². The number of nitrogens with one attached hydrogen (secondary N) is 1. The van der Waals surface area contributed by atoms with Crippen molar-refractivity contribution >= 4 is 5.91 Å². The minimum atomic E-state index is -0.167. The number of carbonyl (C=O) groups is 1. The van der Waals surface area contributed by atoms with E-state index in [2.05, 4.69) is 15.5 Å². The molecule has 1 heterocycles. The van der Waals surface area contributed by atoms with Gasteiger partial charge in [-0.25, -0.2) is 0 Å². The highest BCUT2D eigenvalue weighted by Crippen LogP contribution is 2.16. The first-order chi connectivity index (χ1) is 12.7. The van der Waals surface area contributed by atoms with Gasteiger partial charge in [0, 0.05) is 18.5 Å². The number of carbonyl (C=O) groups excluding carboxylic acids is 1. The minimum absolute atomic E-state index is 0.0212. The lowest BCUT2D eigenvalue weighted by Gasteiger charge is -2.05. The summed E-state index contributed by atoms with van der Waals surface area (Å²) in [7, 11) is 0. The molecule has 0 spiro atoms. The van der Waals surface area contributed by atoms with E-state index in [1.165, 1.54) is 5.56 Å². The smallest absolute Gasteiger partial charge is 0.246 e. The van der Waals surface area contributed by atoms with Crippen molar-refractivity contribution in [1.29, 1.82) is 0 Å². The van der Waals surface area contributed by atoms with Crippen LogP contribution in [0.2, 0.25) is 0 Å². The third kappa shape index (κ3) is 5.26. The maximum Gasteiger partial charge on any atom is 0.246 e. The van der Waals surface area contributed by atoms with Crippen molar-refractivity contribution in [3.8, 4) is 11.4 Å². The van der Waals surface area contributed by atoms with E-state index >= 15 is 0 Å². The van der Waals surface area contributed by atoms with Crippen LogP contribution in [0.15, 0.2) is 59.1 Å². The van der Waals surface area contributed by atoms with Crippen molar-refractivity contribution in [2.45, 2.75) is 20.0 Å². The third-order valence-electron chi connectivity index (χ3n) is 3.78. The summed E-state index contributed by atoms with van der Waals surface area (Å²) in [4.78, 5) is 16.1. The van der Waals surface area contributed by atoms with Gasteiger partial charge < -0.3 is 14.6 Å². The zero-order valence-electron chi connectivity index (χ0n) is 14.6. The number of hydrogen-bond acceptors (Lipinski definition) is 5. The summed E-state index contributed by atoms with van der Waals surface area (Å²) in [6, 6.07) is 17.6. The molecule has 0 saturated carbocycles. The molecule has 0 bridgehead atoms. The number of ether oxygens (including phenoxy) is 1. The van der Waals surface area contributed by atoms with Crippen LogP contribution in [0, 0.1) is 6.92 Å². The average molecular weight is 351 g/mol. The second-order valence-corrected chi connectivity index (χ2v) is 5.96. The number of rotatable bonds is 8. The summed E-state index contributed by atoms with van der Waals surface area (Å²) in [6.07, 6.45) is 0.475. The molecule has 0 aliphatic rings. The van der Waals surface area contributed by atoms with E-state index in [1.807, 2.05) is 61.5 Å². The standard InChI is InChI=1S/C20H21N3O3/c1-15-7-9-17(10-8-15)20-22-19(26-23-20)11-12-21-18(24)14-25-13-16-5-3-2-4-6-16/h2-10H,11-14H2,1H3,(H,21,24). The van der Waals surface area contributed by atoms with Crippen LogP contribution >= 0.6 is 0 Å². The molecule has 3 rings (SSSR count). The molecule has 3 aromatic rings. The van der Waals surface area contributed by atoms with E-state index in [0.717, 1.165) is 11.1 Å². The molecule has 6 nitrogen and oxygen atoms in total. The first kappa shape index (κ1) is 17.8. The van der Waals surface area contributed by atoms with E-state index in [1.54, 1.807) is 0 Å². The molecule has 0 aliphatic carbocycles. The summed E-state index contributed by atoms with van der Waals surface area (Å²) >= 11 is 0. The third-order valence-corrected chi connectivity index (χ3v) is 3.78. The molecule has 0 unspecified atom stereocenters. The maximum absolute atomic E-state index is 11.8. The summed E-state index contributed by atoms with van der Waals surface area (Å²) in [5.74, 6) is 0.878. The normalized spacial score (nSPS) is 10.7. The van der Waals surface area contributed by atoms with Crippen LogP contribution in [0.25, 0.3) is 11.4 Å². The number of aryl methyl sites for hydroxylation is 1. The maximum atomic E-state index is 11.8. The van der Waals surface area contributed by atoms with E-state index in [9.17, 15) is 4.79 Å². The van der Waals surface area contributed by atoms with Gasteiger partial charge in [0.2, 0.25) is 17.6 Å². The van der Waals surface area contributed by atoms with Gasteiger partial charge in [-0.1, -0.05) is 65.3 Å². The van der Waals surface area contributed by atoms with Crippen LogP contribution in [-0.4, -0.2) is 29.2 Å². The number of benzene rings is 2. The highest BCUT2D eigenvalue weighted by atomic mass is 16.5. The molecule has 26 heavy (non-hydrogen) atoms. The minimum Gasteiger partial charge on any atom is -0.367 e. The molecule has 1 N–H and O–H groups in total. The SMILES string of the molecule is Cc1ccc(-c2noc(CCNC(=O)COCc3ccccc3)n2)cc1. The Morgan fingerprint density at radius 1 is 1.12 bits per heavy atom. The molecule has 0 fully saturated rings. The second kappa shape index (κ2) is 8.92. The fourth-order valence-electron chi connectivity index (χ4n) is 2.37. The number of hydrogen-bond donors (Lipinski definition) is 1. The number of amides is 1. The molecule has 0 saturated heterocycles. The highest BCUT2D eigenvalue weighted by Gasteiger charge is 2.09. The quantitative estimate of drug-likeness (QED) is 0.675. The average Bonchev–Trinajstić information content (AvgIpc) is 3.12.